The minimum atomic E-state index is 0.0599. The first-order valence-electron chi connectivity index (χ1n) is 7.79. The number of carbonyl (C=O) groups is 1. The van der Waals surface area contributed by atoms with Crippen LogP contribution in [0.15, 0.2) is 21.9 Å². The maximum atomic E-state index is 12.7. The molecule has 2 atom stereocenters. The van der Waals surface area contributed by atoms with Crippen LogP contribution in [0.4, 0.5) is 0 Å². The van der Waals surface area contributed by atoms with Crippen molar-refractivity contribution < 1.29 is 9.21 Å². The monoisotopic (exact) mass is 318 g/mol. The summed E-state index contributed by atoms with van der Waals surface area (Å²) in [6, 6.07) is 4.04. The Balaban J connectivity index is 1.78. The second kappa shape index (κ2) is 6.24. The molecule has 0 saturated carbocycles. The molecule has 2 aromatic rings. The maximum Gasteiger partial charge on any atom is 0.229 e. The number of aromatic nitrogens is 1. The predicted molar refractivity (Wildman–Crippen MR) is 86.9 cm³/mol. The van der Waals surface area contributed by atoms with E-state index in [2.05, 4.69) is 11.9 Å². The van der Waals surface area contributed by atoms with Crippen LogP contribution in [0.1, 0.15) is 48.0 Å². The van der Waals surface area contributed by atoms with E-state index in [-0.39, 0.29) is 11.9 Å². The highest BCUT2D eigenvalue weighted by molar-refractivity contribution is 7.09. The summed E-state index contributed by atoms with van der Waals surface area (Å²) < 4.78 is 5.80. The van der Waals surface area contributed by atoms with Crippen molar-refractivity contribution >= 4 is 17.2 Å². The van der Waals surface area contributed by atoms with Crippen LogP contribution in [0.5, 0.6) is 0 Å². The lowest BCUT2D eigenvalue weighted by Gasteiger charge is -2.37. The van der Waals surface area contributed by atoms with E-state index in [4.69, 9.17) is 4.42 Å². The Kier molecular flexibility index (Phi) is 4.34. The summed E-state index contributed by atoms with van der Waals surface area (Å²) in [7, 11) is 0. The number of nitrogens with zero attached hydrogens (tertiary/aromatic N) is 2. The van der Waals surface area contributed by atoms with Gasteiger partial charge in [-0.2, -0.15) is 0 Å². The zero-order valence-electron chi connectivity index (χ0n) is 13.3. The van der Waals surface area contributed by atoms with Gasteiger partial charge in [0.15, 0.2) is 0 Å². The summed E-state index contributed by atoms with van der Waals surface area (Å²) >= 11 is 1.59. The van der Waals surface area contributed by atoms with E-state index in [1.165, 1.54) is 0 Å². The van der Waals surface area contributed by atoms with Crippen molar-refractivity contribution in [2.75, 3.05) is 6.54 Å². The molecule has 2 aromatic heterocycles. The molecule has 0 aliphatic carbocycles. The molecule has 0 aromatic carbocycles. The molecule has 1 saturated heterocycles. The minimum Gasteiger partial charge on any atom is -0.464 e. The molecule has 22 heavy (non-hydrogen) atoms. The van der Waals surface area contributed by atoms with Gasteiger partial charge in [0.25, 0.3) is 0 Å². The molecular weight excluding hydrogens is 296 g/mol. The second-order valence-corrected chi connectivity index (χ2v) is 7.28. The highest BCUT2D eigenvalue weighted by Crippen LogP contribution is 2.35. The number of furan rings is 1. The van der Waals surface area contributed by atoms with Gasteiger partial charge >= 0.3 is 0 Å². The van der Waals surface area contributed by atoms with Gasteiger partial charge in [0.2, 0.25) is 5.91 Å². The maximum absolute atomic E-state index is 12.7. The topological polar surface area (TPSA) is 46.3 Å². The normalized spacial score (nSPS) is 22.0. The van der Waals surface area contributed by atoms with Crippen LogP contribution in [0.2, 0.25) is 0 Å². The number of hydrogen-bond acceptors (Lipinski definition) is 4. The van der Waals surface area contributed by atoms with Gasteiger partial charge in [0.1, 0.15) is 11.5 Å². The van der Waals surface area contributed by atoms with Crippen LogP contribution in [0, 0.1) is 19.8 Å². The Morgan fingerprint density at radius 2 is 2.27 bits per heavy atom. The molecule has 0 radical (unpaired) electrons. The highest BCUT2D eigenvalue weighted by atomic mass is 32.1. The molecule has 1 aliphatic heterocycles. The summed E-state index contributed by atoms with van der Waals surface area (Å²) in [4.78, 5) is 19.1. The van der Waals surface area contributed by atoms with E-state index in [1.807, 2.05) is 36.3 Å². The van der Waals surface area contributed by atoms with E-state index in [1.54, 1.807) is 11.3 Å². The number of aryl methyl sites for hydroxylation is 2. The molecule has 0 N–H and O–H groups in total. The molecule has 5 heteroatoms. The first-order chi connectivity index (χ1) is 10.5. The van der Waals surface area contributed by atoms with Crippen molar-refractivity contribution in [2.24, 2.45) is 5.92 Å². The van der Waals surface area contributed by atoms with Gasteiger partial charge in [0, 0.05) is 11.9 Å². The van der Waals surface area contributed by atoms with Crippen molar-refractivity contribution in [1.29, 1.82) is 0 Å². The molecular formula is C17H22N2O2S. The standard InChI is InChI=1S/C17H22N2O2S/c1-11-6-7-19(15(8-11)16-5-4-12(2)21-16)17(20)9-14-10-22-13(3)18-14/h4-5,10-11,15H,6-9H2,1-3H3/t11-,15+/m1/s1. The Morgan fingerprint density at radius 3 is 2.91 bits per heavy atom. The van der Waals surface area contributed by atoms with Crippen molar-refractivity contribution in [3.05, 3.63) is 39.7 Å². The predicted octanol–water partition coefficient (Wildman–Crippen LogP) is 3.90. The molecule has 118 valence electrons. The van der Waals surface area contributed by atoms with Gasteiger partial charge in [-0.25, -0.2) is 4.98 Å². The molecule has 0 unspecified atom stereocenters. The van der Waals surface area contributed by atoms with Crippen molar-refractivity contribution in [3.63, 3.8) is 0 Å². The van der Waals surface area contributed by atoms with Gasteiger partial charge in [0.05, 0.1) is 23.2 Å². The quantitative estimate of drug-likeness (QED) is 0.862. The number of likely N-dealkylation sites (tertiary alicyclic amines) is 1. The van der Waals surface area contributed by atoms with E-state index >= 15 is 0 Å². The summed E-state index contributed by atoms with van der Waals surface area (Å²) in [5.41, 5.74) is 0.875. The first kappa shape index (κ1) is 15.3. The fourth-order valence-electron chi connectivity index (χ4n) is 3.09. The van der Waals surface area contributed by atoms with E-state index in [0.717, 1.165) is 41.6 Å². The third-order valence-electron chi connectivity index (χ3n) is 4.27. The van der Waals surface area contributed by atoms with Gasteiger partial charge in [-0.3, -0.25) is 4.79 Å². The minimum absolute atomic E-state index is 0.0599. The third kappa shape index (κ3) is 3.24. The fraction of sp³-hybridized carbons (Fsp3) is 0.529. The first-order valence-corrected chi connectivity index (χ1v) is 8.67. The summed E-state index contributed by atoms with van der Waals surface area (Å²) in [6.45, 7) is 6.96. The van der Waals surface area contributed by atoms with Gasteiger partial charge in [-0.15, -0.1) is 11.3 Å². The van der Waals surface area contributed by atoms with Gasteiger partial charge in [-0.1, -0.05) is 6.92 Å². The van der Waals surface area contributed by atoms with Crippen molar-refractivity contribution in [1.82, 2.24) is 9.88 Å². The second-order valence-electron chi connectivity index (χ2n) is 6.22. The van der Waals surface area contributed by atoms with Crippen LogP contribution >= 0.6 is 11.3 Å². The lowest BCUT2D eigenvalue weighted by Crippen LogP contribution is -2.41. The smallest absolute Gasteiger partial charge is 0.229 e. The lowest BCUT2D eigenvalue weighted by atomic mass is 9.90. The number of piperidine rings is 1. The molecule has 1 amide bonds. The Hall–Kier alpha value is -1.62. The lowest BCUT2D eigenvalue weighted by molar-refractivity contribution is -0.135. The third-order valence-corrected chi connectivity index (χ3v) is 5.10. The Bertz CT molecular complexity index is 661. The van der Waals surface area contributed by atoms with Crippen molar-refractivity contribution in [2.45, 2.75) is 46.1 Å². The zero-order valence-corrected chi connectivity index (χ0v) is 14.2. The van der Waals surface area contributed by atoms with E-state index in [9.17, 15) is 4.79 Å². The summed E-state index contributed by atoms with van der Waals surface area (Å²) in [6.07, 6.45) is 2.40. The van der Waals surface area contributed by atoms with Gasteiger partial charge < -0.3 is 9.32 Å². The Morgan fingerprint density at radius 1 is 1.45 bits per heavy atom. The van der Waals surface area contributed by atoms with Crippen LogP contribution in [0.3, 0.4) is 0 Å². The van der Waals surface area contributed by atoms with E-state index in [0.29, 0.717) is 12.3 Å². The SMILES string of the molecule is Cc1ccc([C@@H]2C[C@H](C)CCN2C(=O)Cc2csc(C)n2)o1. The summed E-state index contributed by atoms with van der Waals surface area (Å²) in [5, 5.41) is 2.99. The molecule has 1 fully saturated rings. The summed E-state index contributed by atoms with van der Waals surface area (Å²) in [5.74, 6) is 2.57. The molecule has 4 nitrogen and oxygen atoms in total. The van der Waals surface area contributed by atoms with Crippen molar-refractivity contribution in [3.8, 4) is 0 Å². The number of carbonyl (C=O) groups excluding carboxylic acids is 1. The largest absolute Gasteiger partial charge is 0.464 e. The van der Waals surface area contributed by atoms with Crippen LogP contribution in [-0.2, 0) is 11.2 Å². The Labute approximate surface area is 135 Å². The average Bonchev–Trinajstić information content (AvgIpc) is 3.07. The fourth-order valence-corrected chi connectivity index (χ4v) is 3.70. The van der Waals surface area contributed by atoms with Crippen LogP contribution in [-0.4, -0.2) is 22.3 Å². The molecule has 1 aliphatic rings. The van der Waals surface area contributed by atoms with E-state index < -0.39 is 0 Å². The number of hydrogen-bond donors (Lipinski definition) is 0. The molecule has 3 heterocycles. The number of rotatable bonds is 3. The molecule has 3 rings (SSSR count). The zero-order chi connectivity index (χ0) is 15.7. The van der Waals surface area contributed by atoms with Crippen LogP contribution in [0.25, 0.3) is 0 Å². The molecule has 0 spiro atoms. The number of thiazole rings is 1. The van der Waals surface area contributed by atoms with Gasteiger partial charge in [-0.05, 0) is 44.7 Å². The highest BCUT2D eigenvalue weighted by Gasteiger charge is 2.33. The molecule has 0 bridgehead atoms. The number of amides is 1. The van der Waals surface area contributed by atoms with Crippen LogP contribution < -0.4 is 0 Å². The average molecular weight is 318 g/mol.